The van der Waals surface area contributed by atoms with Crippen molar-refractivity contribution in [2.24, 2.45) is 0 Å². The molecule has 0 aliphatic carbocycles. The van der Waals surface area contributed by atoms with Gasteiger partial charge in [-0.1, -0.05) is 0 Å². The maximum absolute atomic E-state index is 12.9. The minimum absolute atomic E-state index is 0.0526. The number of carbonyl (C=O) groups excluding carboxylic acids is 1. The lowest BCUT2D eigenvalue weighted by Gasteiger charge is -2.16. The van der Waals surface area contributed by atoms with Gasteiger partial charge in [0.1, 0.15) is 11.3 Å². The normalized spacial score (nSPS) is 11.5. The summed E-state index contributed by atoms with van der Waals surface area (Å²) >= 11 is 0. The number of ether oxygens (including phenoxy) is 3. The molecule has 0 bridgehead atoms. The van der Waals surface area contributed by atoms with E-state index in [9.17, 15) is 26.7 Å². The maximum Gasteiger partial charge on any atom is 0.574 e. The van der Waals surface area contributed by atoms with Gasteiger partial charge in [0, 0.05) is 6.07 Å². The Labute approximate surface area is 122 Å². The molecule has 1 aromatic heterocycles. The van der Waals surface area contributed by atoms with E-state index in [1.165, 1.54) is 6.92 Å². The smallest absolute Gasteiger partial charge is 0.496 e. The highest BCUT2D eigenvalue weighted by Crippen LogP contribution is 2.38. The summed E-state index contributed by atoms with van der Waals surface area (Å²) in [5.74, 6) is -2.70. The third kappa shape index (κ3) is 5.01. The van der Waals surface area contributed by atoms with Crippen molar-refractivity contribution in [2.75, 3.05) is 13.7 Å². The fourth-order valence-electron chi connectivity index (χ4n) is 1.57. The Morgan fingerprint density at radius 1 is 1.36 bits per heavy atom. The zero-order valence-corrected chi connectivity index (χ0v) is 11.5. The minimum Gasteiger partial charge on any atom is -0.496 e. The van der Waals surface area contributed by atoms with Crippen molar-refractivity contribution in [1.29, 1.82) is 0 Å². The highest BCUT2D eigenvalue weighted by molar-refractivity contribution is 5.72. The fourth-order valence-corrected chi connectivity index (χ4v) is 1.57. The molecule has 0 saturated heterocycles. The molecule has 0 fully saturated rings. The molecule has 0 spiro atoms. The van der Waals surface area contributed by atoms with Gasteiger partial charge in [-0.2, -0.15) is 0 Å². The van der Waals surface area contributed by atoms with Crippen LogP contribution < -0.4 is 9.47 Å². The average molecular weight is 329 g/mol. The number of methoxy groups -OCH3 is 1. The molecule has 0 radical (unpaired) electrons. The van der Waals surface area contributed by atoms with Crippen LogP contribution in [0.2, 0.25) is 0 Å². The van der Waals surface area contributed by atoms with E-state index < -0.39 is 42.4 Å². The Balaban J connectivity index is 3.27. The van der Waals surface area contributed by atoms with E-state index in [1.54, 1.807) is 0 Å². The van der Waals surface area contributed by atoms with Crippen LogP contribution in [0.25, 0.3) is 0 Å². The Hall–Kier alpha value is -2.13. The number of hydrogen-bond donors (Lipinski definition) is 0. The molecular formula is C12H12F5NO4. The third-order valence-electron chi connectivity index (χ3n) is 2.32. The van der Waals surface area contributed by atoms with E-state index in [-0.39, 0.29) is 12.3 Å². The molecular weight excluding hydrogens is 317 g/mol. The maximum atomic E-state index is 12.9. The predicted molar refractivity (Wildman–Crippen MR) is 62.8 cm³/mol. The molecule has 1 heterocycles. The lowest BCUT2D eigenvalue weighted by molar-refractivity contribution is -0.276. The molecule has 1 rings (SSSR count). The topological polar surface area (TPSA) is 57.7 Å². The number of hydrogen-bond acceptors (Lipinski definition) is 5. The monoisotopic (exact) mass is 329 g/mol. The molecule has 0 amide bonds. The van der Waals surface area contributed by atoms with Crippen molar-refractivity contribution < 1.29 is 41.0 Å². The van der Waals surface area contributed by atoms with Gasteiger partial charge in [0.2, 0.25) is 5.88 Å². The summed E-state index contributed by atoms with van der Waals surface area (Å²) in [6, 6.07) is 0.932. The van der Waals surface area contributed by atoms with Gasteiger partial charge < -0.3 is 14.2 Å². The van der Waals surface area contributed by atoms with Crippen molar-refractivity contribution in [3.05, 3.63) is 17.3 Å². The zero-order chi connectivity index (χ0) is 16.9. The Morgan fingerprint density at radius 2 is 2.00 bits per heavy atom. The van der Waals surface area contributed by atoms with E-state index in [4.69, 9.17) is 0 Å². The number of rotatable bonds is 6. The van der Waals surface area contributed by atoms with Crippen LogP contribution in [0.3, 0.4) is 0 Å². The van der Waals surface area contributed by atoms with Crippen LogP contribution in [0.1, 0.15) is 24.6 Å². The van der Waals surface area contributed by atoms with Crippen LogP contribution in [-0.4, -0.2) is 31.0 Å². The second-order valence-corrected chi connectivity index (χ2v) is 3.86. The van der Waals surface area contributed by atoms with Crippen molar-refractivity contribution in [2.45, 2.75) is 26.1 Å². The number of halogens is 5. The number of alkyl halides is 5. The summed E-state index contributed by atoms with van der Waals surface area (Å²) in [6.07, 6.45) is -9.04. The first-order valence-electron chi connectivity index (χ1n) is 5.95. The van der Waals surface area contributed by atoms with Crippen molar-refractivity contribution in [1.82, 2.24) is 4.98 Å². The second-order valence-electron chi connectivity index (χ2n) is 3.86. The summed E-state index contributed by atoms with van der Waals surface area (Å²) in [5, 5.41) is 0. The Morgan fingerprint density at radius 3 is 2.45 bits per heavy atom. The van der Waals surface area contributed by atoms with Gasteiger partial charge in [0.25, 0.3) is 6.43 Å². The van der Waals surface area contributed by atoms with E-state index in [2.05, 4.69) is 19.2 Å². The first-order valence-corrected chi connectivity index (χ1v) is 5.95. The summed E-state index contributed by atoms with van der Waals surface area (Å²) < 4.78 is 75.4. The quantitative estimate of drug-likeness (QED) is 0.593. The zero-order valence-electron chi connectivity index (χ0n) is 11.5. The lowest BCUT2D eigenvalue weighted by Crippen LogP contribution is -2.20. The molecule has 0 unspecified atom stereocenters. The highest BCUT2D eigenvalue weighted by Gasteiger charge is 2.36. The van der Waals surface area contributed by atoms with Crippen molar-refractivity contribution >= 4 is 5.97 Å². The molecule has 5 nitrogen and oxygen atoms in total. The number of esters is 1. The van der Waals surface area contributed by atoms with Gasteiger partial charge in [-0.3, -0.25) is 4.79 Å². The number of pyridine rings is 1. The predicted octanol–water partition coefficient (Wildman–Crippen LogP) is 3.03. The van der Waals surface area contributed by atoms with Crippen LogP contribution in [0, 0.1) is 0 Å². The number of aromatic nitrogens is 1. The lowest BCUT2D eigenvalue weighted by atomic mass is 10.2. The fraction of sp³-hybridized carbons (Fsp3) is 0.500. The van der Waals surface area contributed by atoms with E-state index in [0.717, 1.165) is 13.2 Å². The molecule has 22 heavy (non-hydrogen) atoms. The van der Waals surface area contributed by atoms with Gasteiger partial charge in [-0.05, 0) is 6.92 Å². The number of nitrogens with zero attached hydrogens (tertiary/aromatic N) is 1. The van der Waals surface area contributed by atoms with E-state index in [1.807, 2.05) is 0 Å². The summed E-state index contributed by atoms with van der Waals surface area (Å²) in [5.41, 5.74) is -1.40. The average Bonchev–Trinajstić information content (AvgIpc) is 2.35. The van der Waals surface area contributed by atoms with Crippen molar-refractivity contribution in [3.8, 4) is 11.6 Å². The molecule has 0 atom stereocenters. The van der Waals surface area contributed by atoms with Crippen LogP contribution in [-0.2, 0) is 16.0 Å². The Bertz CT molecular complexity index is 533. The molecule has 0 saturated carbocycles. The third-order valence-corrected chi connectivity index (χ3v) is 2.32. The molecule has 0 aliphatic rings. The largest absolute Gasteiger partial charge is 0.574 e. The SMILES string of the molecule is CCOC(=O)Cc1cc(OC)c(C(F)F)c(OC(F)(F)F)n1. The highest BCUT2D eigenvalue weighted by atomic mass is 19.4. The van der Waals surface area contributed by atoms with Crippen LogP contribution >= 0.6 is 0 Å². The standard InChI is InChI=1S/C12H12F5NO4/c1-3-21-8(19)5-6-4-7(20-2)9(10(13)14)11(18-6)22-12(15,16)17/h4,10H,3,5H2,1-2H3. The van der Waals surface area contributed by atoms with Gasteiger partial charge in [-0.15, -0.1) is 13.2 Å². The molecule has 10 heteroatoms. The molecule has 124 valence electrons. The Kier molecular flexibility index (Phi) is 5.89. The van der Waals surface area contributed by atoms with Gasteiger partial charge in [0.15, 0.2) is 0 Å². The second kappa shape index (κ2) is 7.23. The van der Waals surface area contributed by atoms with Gasteiger partial charge in [0.05, 0.1) is 25.8 Å². The molecule has 0 N–H and O–H groups in total. The van der Waals surface area contributed by atoms with Crippen LogP contribution in [0.4, 0.5) is 22.0 Å². The molecule has 1 aromatic rings. The van der Waals surface area contributed by atoms with E-state index in [0.29, 0.717) is 0 Å². The first kappa shape index (κ1) is 17.9. The molecule has 0 aliphatic heterocycles. The first-order chi connectivity index (χ1) is 10.2. The van der Waals surface area contributed by atoms with Gasteiger partial charge in [-0.25, -0.2) is 13.8 Å². The van der Waals surface area contributed by atoms with Crippen LogP contribution in [0.5, 0.6) is 11.6 Å². The number of carbonyl (C=O) groups is 1. The van der Waals surface area contributed by atoms with Crippen LogP contribution in [0.15, 0.2) is 6.07 Å². The van der Waals surface area contributed by atoms with E-state index >= 15 is 0 Å². The molecule has 0 aromatic carbocycles. The summed E-state index contributed by atoms with van der Waals surface area (Å²) in [6.45, 7) is 1.58. The minimum atomic E-state index is -5.22. The van der Waals surface area contributed by atoms with Crippen molar-refractivity contribution in [3.63, 3.8) is 0 Å². The summed E-state index contributed by atoms with van der Waals surface area (Å²) in [4.78, 5) is 14.6. The summed E-state index contributed by atoms with van der Waals surface area (Å²) in [7, 11) is 0.993. The van der Waals surface area contributed by atoms with Gasteiger partial charge >= 0.3 is 12.3 Å².